The van der Waals surface area contributed by atoms with Crippen LogP contribution >= 0.6 is 0 Å². The molecule has 0 aliphatic carbocycles. The van der Waals surface area contributed by atoms with Crippen molar-refractivity contribution >= 4 is 39.6 Å². The van der Waals surface area contributed by atoms with E-state index in [4.69, 9.17) is 14.0 Å². The number of aromatic nitrogens is 2. The third-order valence-electron chi connectivity index (χ3n) is 8.29. The predicted octanol–water partition coefficient (Wildman–Crippen LogP) is 11.9. The number of pyridine rings is 2. The minimum atomic E-state index is -2.48. The third kappa shape index (κ3) is 9.16. The van der Waals surface area contributed by atoms with Crippen LogP contribution in [0.1, 0.15) is 54.0 Å². The van der Waals surface area contributed by atoms with Crippen molar-refractivity contribution in [3.05, 3.63) is 138 Å². The van der Waals surface area contributed by atoms with Crippen molar-refractivity contribution in [3.63, 3.8) is 0 Å². The maximum atomic E-state index is 8.61. The molecule has 1 radical (unpaired) electrons. The van der Waals surface area contributed by atoms with Gasteiger partial charge in [0.15, 0.2) is 0 Å². The fraction of sp³-hybridized carbons (Fsp3) is 0.261. The fourth-order valence-electron chi connectivity index (χ4n) is 5.95. The van der Waals surface area contributed by atoms with Gasteiger partial charge in [-0.3, -0.25) is 0 Å². The summed E-state index contributed by atoms with van der Waals surface area (Å²) in [6, 6.07) is 37.4. The molecule has 0 bridgehead atoms. The SMILES string of the molecule is [2H]C([2H])([2H])c1cnc(-c2[c-]ccc3c2oc2cc(-c4ccccc4)ccc23)cc1C([2H])([2H])C(C)C.[2H]C([2H])(c1cc(-c2[c-]cccc2)nc[c]1[Ge]([CH3])([CH3])[CH3])C(C)C.[Ir]. The van der Waals surface area contributed by atoms with E-state index in [0.29, 0.717) is 16.8 Å². The van der Waals surface area contributed by atoms with Crippen molar-refractivity contribution in [3.8, 4) is 33.6 Å². The number of rotatable bonds is 8. The Labute approximate surface area is 330 Å². The Morgan fingerprint density at radius 3 is 2.12 bits per heavy atom. The summed E-state index contributed by atoms with van der Waals surface area (Å²) >= 11 is -2.20. The Morgan fingerprint density at radius 2 is 1.43 bits per heavy atom. The van der Waals surface area contributed by atoms with E-state index in [-0.39, 0.29) is 37.2 Å². The molecule has 263 valence electrons. The molecule has 3 aromatic heterocycles. The molecular weight excluding hydrogens is 861 g/mol. The zero-order valence-electron chi connectivity index (χ0n) is 37.2. The molecule has 0 saturated carbocycles. The van der Waals surface area contributed by atoms with Gasteiger partial charge in [-0.1, -0.05) is 78.9 Å². The minimum Gasteiger partial charge on any atom is 0 e. The Kier molecular flexibility index (Phi) is 9.72. The number of hydrogen-bond acceptors (Lipinski definition) is 3. The van der Waals surface area contributed by atoms with Crippen molar-refractivity contribution in [1.29, 1.82) is 0 Å². The van der Waals surface area contributed by atoms with Crippen LogP contribution in [0, 0.1) is 30.8 Å². The molecule has 0 atom stereocenters. The van der Waals surface area contributed by atoms with Crippen LogP contribution in [0.15, 0.2) is 114 Å². The second-order valence-corrected chi connectivity index (χ2v) is 24.7. The van der Waals surface area contributed by atoms with Crippen LogP contribution in [0.2, 0.25) is 17.3 Å². The molecule has 0 unspecified atom stereocenters. The predicted molar refractivity (Wildman–Crippen MR) is 215 cm³/mol. The van der Waals surface area contributed by atoms with E-state index in [1.54, 1.807) is 19.9 Å². The first-order valence-corrected chi connectivity index (χ1v) is 24.5. The topological polar surface area (TPSA) is 38.9 Å². The molecule has 7 aromatic rings. The summed E-state index contributed by atoms with van der Waals surface area (Å²) in [6.07, 6.45) is -0.0272. The van der Waals surface area contributed by atoms with E-state index < -0.39 is 38.8 Å². The van der Waals surface area contributed by atoms with Gasteiger partial charge < -0.3 is 9.40 Å². The Morgan fingerprint density at radius 1 is 0.725 bits per heavy atom. The van der Waals surface area contributed by atoms with E-state index in [9.17, 15) is 0 Å². The number of benzene rings is 4. The Hall–Kier alpha value is -3.83. The largest absolute Gasteiger partial charge is 0 e. The van der Waals surface area contributed by atoms with Crippen molar-refractivity contribution in [2.75, 3.05) is 0 Å². The molecule has 5 heteroatoms. The number of aryl methyl sites for hydroxylation is 1. The summed E-state index contributed by atoms with van der Waals surface area (Å²) in [6.45, 7) is 4.87. The summed E-state index contributed by atoms with van der Waals surface area (Å²) in [5.41, 5.74) is 6.98. The van der Waals surface area contributed by atoms with Gasteiger partial charge in [-0.2, -0.15) is 0 Å². The Bertz CT molecular complexity index is 2510. The first-order chi connectivity index (χ1) is 26.7. The number of fused-ring (bicyclic) bond motifs is 3. The molecule has 0 amide bonds. The number of nitrogens with zero attached hydrogens (tertiary/aromatic N) is 2. The normalized spacial score (nSPS) is 14.3. The van der Waals surface area contributed by atoms with E-state index in [0.717, 1.165) is 48.7 Å². The molecule has 0 spiro atoms. The van der Waals surface area contributed by atoms with E-state index >= 15 is 0 Å². The van der Waals surface area contributed by atoms with Crippen LogP contribution in [0.5, 0.6) is 0 Å². The van der Waals surface area contributed by atoms with Crippen LogP contribution in [-0.4, -0.2) is 23.2 Å². The van der Waals surface area contributed by atoms with Crippen molar-refractivity contribution in [1.82, 2.24) is 9.97 Å². The van der Waals surface area contributed by atoms with E-state index in [2.05, 4.69) is 45.4 Å². The van der Waals surface area contributed by atoms with Crippen molar-refractivity contribution in [2.45, 2.75) is 64.6 Å². The van der Waals surface area contributed by atoms with E-state index in [1.165, 1.54) is 12.3 Å². The molecule has 3 nitrogen and oxygen atoms in total. The molecule has 4 aromatic carbocycles. The van der Waals surface area contributed by atoms with Crippen LogP contribution < -0.4 is 4.40 Å². The molecule has 0 aliphatic heterocycles. The summed E-state index contributed by atoms with van der Waals surface area (Å²) in [5, 5.41) is 1.84. The van der Waals surface area contributed by atoms with Crippen molar-refractivity contribution < 1.29 is 34.1 Å². The summed E-state index contributed by atoms with van der Waals surface area (Å²) < 4.78 is 65.5. The van der Waals surface area contributed by atoms with Crippen LogP contribution in [-0.2, 0) is 32.9 Å². The summed E-state index contributed by atoms with van der Waals surface area (Å²) in [4.78, 5) is 9.01. The molecular formula is C46H48GeIrN2O-2. The van der Waals surface area contributed by atoms with Gasteiger partial charge in [0.2, 0.25) is 0 Å². The van der Waals surface area contributed by atoms with Crippen LogP contribution in [0.4, 0.5) is 0 Å². The Balaban J connectivity index is 0.000000241. The standard InChI is InChI=1S/C28H24NO.C18H24GeN.Ir/c1-18(2)14-22-15-26(29-17-19(22)3)25-11-7-10-24-23-13-12-21(16-27(23)30-28(24)25)20-8-5-4-6-9-20;1-14(2)11-16-12-18(15-9-7-6-8-10-15)20-13-17(16)19(3,4)5;/h4-10,12-13,15-18H,14H2,1-3H3;6-9,12-14H,11H2,1-5H3;/q2*-1;/i3D3,14D2;11D2;. The van der Waals surface area contributed by atoms with Gasteiger partial charge >= 0.3 is 128 Å². The second-order valence-electron chi connectivity index (χ2n) is 14.1. The van der Waals surface area contributed by atoms with Gasteiger partial charge in [0, 0.05) is 38.5 Å². The monoisotopic (exact) mass is 918 g/mol. The fourth-order valence-corrected chi connectivity index (χ4v) is 8.89. The number of furan rings is 1. The number of hydrogen-bond donors (Lipinski definition) is 0. The molecule has 7 rings (SSSR count). The summed E-state index contributed by atoms with van der Waals surface area (Å²) in [7, 11) is 0. The molecule has 0 aliphatic rings. The van der Waals surface area contributed by atoms with Gasteiger partial charge in [-0.05, 0) is 47.6 Å². The van der Waals surface area contributed by atoms with E-state index in [1.807, 2.05) is 98.9 Å². The second kappa shape index (κ2) is 16.7. The average Bonchev–Trinajstić information content (AvgIpc) is 3.56. The molecule has 0 N–H and O–H groups in total. The average molecular weight is 917 g/mol. The van der Waals surface area contributed by atoms with Gasteiger partial charge in [0.1, 0.15) is 5.58 Å². The first-order valence-electron chi connectivity index (χ1n) is 20.6. The van der Waals surface area contributed by atoms with Gasteiger partial charge in [-0.25, -0.2) is 0 Å². The molecule has 3 heterocycles. The van der Waals surface area contributed by atoms with Crippen LogP contribution in [0.3, 0.4) is 0 Å². The zero-order valence-corrected chi connectivity index (χ0v) is 34.7. The third-order valence-corrected chi connectivity index (χ3v) is 12.5. The van der Waals surface area contributed by atoms with Gasteiger partial charge in [-0.15, -0.1) is 18.2 Å². The summed E-state index contributed by atoms with van der Waals surface area (Å²) in [5.74, 6) is 6.34. The maximum absolute atomic E-state index is 8.61. The van der Waals surface area contributed by atoms with Crippen LogP contribution in [0.25, 0.3) is 55.6 Å². The first kappa shape index (κ1) is 29.7. The quantitative estimate of drug-likeness (QED) is 0.113. The molecule has 51 heavy (non-hydrogen) atoms. The smallest absolute Gasteiger partial charge is 0 e. The van der Waals surface area contributed by atoms with Gasteiger partial charge in [0.05, 0.1) is 5.58 Å². The maximum Gasteiger partial charge on any atom is 0 e. The van der Waals surface area contributed by atoms with Gasteiger partial charge in [0.25, 0.3) is 0 Å². The van der Waals surface area contributed by atoms with Crippen molar-refractivity contribution in [2.24, 2.45) is 11.8 Å². The minimum absolute atomic E-state index is 0. The molecule has 0 fully saturated rings. The zero-order chi connectivity index (χ0) is 41.5. The molecule has 0 saturated heterocycles.